The number of nitrogens with zero attached hydrogens (tertiary/aromatic N) is 1. The van der Waals surface area contributed by atoms with Crippen molar-refractivity contribution in [2.24, 2.45) is 0 Å². The van der Waals surface area contributed by atoms with Crippen LogP contribution in [0.4, 0.5) is 0 Å². The SMILES string of the molecule is O=C(CCc1ccccc1)NN1C(=O)CCC1=O. The maximum atomic E-state index is 11.6. The number of nitrogens with one attached hydrogen (secondary N) is 1. The van der Waals surface area contributed by atoms with Crippen molar-refractivity contribution in [3.05, 3.63) is 35.9 Å². The highest BCUT2D eigenvalue weighted by molar-refractivity contribution is 6.03. The van der Waals surface area contributed by atoms with Crippen LogP contribution >= 0.6 is 0 Å². The van der Waals surface area contributed by atoms with Gasteiger partial charge in [-0.05, 0) is 12.0 Å². The van der Waals surface area contributed by atoms with Crippen molar-refractivity contribution < 1.29 is 14.4 Å². The molecule has 0 unspecified atom stereocenters. The maximum absolute atomic E-state index is 11.6. The van der Waals surface area contributed by atoms with Crippen molar-refractivity contribution in [2.45, 2.75) is 25.7 Å². The molecule has 1 aliphatic heterocycles. The molecule has 94 valence electrons. The fourth-order valence-electron chi connectivity index (χ4n) is 1.78. The molecule has 2 rings (SSSR count). The zero-order valence-electron chi connectivity index (χ0n) is 9.89. The van der Waals surface area contributed by atoms with Gasteiger partial charge in [-0.3, -0.25) is 19.8 Å². The normalized spacial score (nSPS) is 15.0. The van der Waals surface area contributed by atoms with Crippen LogP contribution in [-0.2, 0) is 20.8 Å². The first-order chi connectivity index (χ1) is 8.66. The van der Waals surface area contributed by atoms with Crippen molar-refractivity contribution in [2.75, 3.05) is 0 Å². The first-order valence-electron chi connectivity index (χ1n) is 5.86. The Labute approximate surface area is 105 Å². The molecule has 18 heavy (non-hydrogen) atoms. The smallest absolute Gasteiger partial charge is 0.248 e. The van der Waals surface area contributed by atoms with Gasteiger partial charge in [-0.1, -0.05) is 30.3 Å². The van der Waals surface area contributed by atoms with E-state index >= 15 is 0 Å². The molecular weight excluding hydrogens is 232 g/mol. The predicted octanol–water partition coefficient (Wildman–Crippen LogP) is 0.799. The second-order valence-corrected chi connectivity index (χ2v) is 4.14. The van der Waals surface area contributed by atoms with E-state index in [0.717, 1.165) is 10.6 Å². The molecule has 0 aromatic heterocycles. The first kappa shape index (κ1) is 12.3. The third-order valence-corrected chi connectivity index (χ3v) is 2.77. The van der Waals surface area contributed by atoms with Crippen molar-refractivity contribution in [1.82, 2.24) is 10.4 Å². The van der Waals surface area contributed by atoms with Gasteiger partial charge in [-0.15, -0.1) is 0 Å². The van der Waals surface area contributed by atoms with Crippen LogP contribution in [0.15, 0.2) is 30.3 Å². The van der Waals surface area contributed by atoms with Crippen LogP contribution in [0, 0.1) is 0 Å². The molecule has 0 radical (unpaired) electrons. The quantitative estimate of drug-likeness (QED) is 0.799. The Hall–Kier alpha value is -2.17. The van der Waals surface area contributed by atoms with Gasteiger partial charge in [0.05, 0.1) is 0 Å². The first-order valence-corrected chi connectivity index (χ1v) is 5.86. The van der Waals surface area contributed by atoms with Crippen LogP contribution in [0.1, 0.15) is 24.8 Å². The van der Waals surface area contributed by atoms with Crippen LogP contribution in [0.3, 0.4) is 0 Å². The lowest BCUT2D eigenvalue weighted by Crippen LogP contribution is -2.45. The average Bonchev–Trinajstić information content (AvgIpc) is 2.69. The van der Waals surface area contributed by atoms with E-state index in [1.807, 2.05) is 30.3 Å². The van der Waals surface area contributed by atoms with Crippen LogP contribution in [-0.4, -0.2) is 22.7 Å². The molecule has 0 bridgehead atoms. The summed E-state index contributed by atoms with van der Waals surface area (Å²) >= 11 is 0. The lowest BCUT2D eigenvalue weighted by Gasteiger charge is -2.14. The molecule has 1 saturated heterocycles. The highest BCUT2D eigenvalue weighted by atomic mass is 16.2. The molecule has 1 N–H and O–H groups in total. The van der Waals surface area contributed by atoms with Crippen molar-refractivity contribution >= 4 is 17.7 Å². The number of hydrogen-bond donors (Lipinski definition) is 1. The molecule has 1 fully saturated rings. The highest BCUT2D eigenvalue weighted by Gasteiger charge is 2.30. The minimum atomic E-state index is -0.340. The number of amides is 3. The van der Waals surface area contributed by atoms with Gasteiger partial charge in [-0.2, -0.15) is 5.01 Å². The molecule has 1 aliphatic rings. The van der Waals surface area contributed by atoms with Crippen LogP contribution in [0.5, 0.6) is 0 Å². The molecule has 5 heteroatoms. The molecule has 0 aliphatic carbocycles. The van der Waals surface area contributed by atoms with Gasteiger partial charge >= 0.3 is 0 Å². The Balaban J connectivity index is 1.82. The summed E-state index contributed by atoms with van der Waals surface area (Å²) in [5.41, 5.74) is 3.39. The van der Waals surface area contributed by atoms with Gasteiger partial charge in [0.1, 0.15) is 0 Å². The largest absolute Gasteiger partial charge is 0.273 e. The Morgan fingerprint density at radius 2 is 1.72 bits per heavy atom. The van der Waals surface area contributed by atoms with Gasteiger partial charge < -0.3 is 0 Å². The second kappa shape index (κ2) is 5.44. The molecular formula is C13H14N2O3. The number of carbonyl (C=O) groups excluding carboxylic acids is 3. The van der Waals surface area contributed by atoms with E-state index in [1.54, 1.807) is 0 Å². The number of aryl methyl sites for hydroxylation is 1. The molecule has 0 spiro atoms. The third kappa shape index (κ3) is 2.94. The molecule has 1 heterocycles. The average molecular weight is 246 g/mol. The standard InChI is InChI=1S/C13H14N2O3/c16-11(7-6-10-4-2-1-3-5-10)14-15-12(17)8-9-13(15)18/h1-5H,6-9H2,(H,14,16). The zero-order chi connectivity index (χ0) is 13.0. The predicted molar refractivity (Wildman–Crippen MR) is 64.0 cm³/mol. The summed E-state index contributed by atoms with van der Waals surface area (Å²) in [7, 11) is 0. The Morgan fingerprint density at radius 1 is 1.11 bits per heavy atom. The minimum Gasteiger partial charge on any atom is -0.273 e. The van der Waals surface area contributed by atoms with E-state index in [1.165, 1.54) is 0 Å². The maximum Gasteiger partial charge on any atom is 0.248 e. The van der Waals surface area contributed by atoms with Gasteiger partial charge in [0.15, 0.2) is 0 Å². The van der Waals surface area contributed by atoms with Crippen LogP contribution < -0.4 is 5.43 Å². The molecule has 0 atom stereocenters. The Morgan fingerprint density at radius 3 is 2.33 bits per heavy atom. The molecule has 3 amide bonds. The fraction of sp³-hybridized carbons (Fsp3) is 0.308. The summed E-state index contributed by atoms with van der Waals surface area (Å²) in [4.78, 5) is 34.2. The summed E-state index contributed by atoms with van der Waals surface area (Å²) in [5, 5.41) is 0.827. The third-order valence-electron chi connectivity index (χ3n) is 2.77. The van der Waals surface area contributed by atoms with Crippen molar-refractivity contribution in [1.29, 1.82) is 0 Å². The van der Waals surface area contributed by atoms with E-state index in [2.05, 4.69) is 5.43 Å². The van der Waals surface area contributed by atoms with Gasteiger partial charge in [-0.25, -0.2) is 0 Å². The number of imide groups is 1. The summed E-state index contributed by atoms with van der Waals surface area (Å²) in [5.74, 6) is -0.997. The number of hydrogen-bond acceptors (Lipinski definition) is 3. The minimum absolute atomic E-state index is 0.178. The monoisotopic (exact) mass is 246 g/mol. The lowest BCUT2D eigenvalue weighted by atomic mass is 10.1. The van der Waals surface area contributed by atoms with Crippen molar-refractivity contribution in [3.8, 4) is 0 Å². The van der Waals surface area contributed by atoms with Gasteiger partial charge in [0.25, 0.3) is 0 Å². The van der Waals surface area contributed by atoms with Gasteiger partial charge in [0.2, 0.25) is 17.7 Å². The van der Waals surface area contributed by atoms with E-state index in [9.17, 15) is 14.4 Å². The Kier molecular flexibility index (Phi) is 3.72. The number of rotatable bonds is 4. The lowest BCUT2D eigenvalue weighted by molar-refractivity contribution is -0.147. The fourth-order valence-corrected chi connectivity index (χ4v) is 1.78. The number of carbonyl (C=O) groups is 3. The van der Waals surface area contributed by atoms with E-state index in [0.29, 0.717) is 6.42 Å². The summed E-state index contributed by atoms with van der Waals surface area (Å²) in [6, 6.07) is 9.57. The van der Waals surface area contributed by atoms with Gasteiger partial charge in [0, 0.05) is 19.3 Å². The summed E-state index contributed by atoms with van der Waals surface area (Å²) in [6.07, 6.45) is 1.19. The summed E-state index contributed by atoms with van der Waals surface area (Å²) in [6.45, 7) is 0. The summed E-state index contributed by atoms with van der Waals surface area (Å²) < 4.78 is 0. The highest BCUT2D eigenvalue weighted by Crippen LogP contribution is 2.09. The second-order valence-electron chi connectivity index (χ2n) is 4.14. The topological polar surface area (TPSA) is 66.5 Å². The number of benzene rings is 1. The van der Waals surface area contributed by atoms with E-state index in [4.69, 9.17) is 0 Å². The van der Waals surface area contributed by atoms with Crippen LogP contribution in [0.25, 0.3) is 0 Å². The number of hydrazine groups is 1. The molecule has 1 aromatic rings. The Bertz CT molecular complexity index is 454. The van der Waals surface area contributed by atoms with Crippen molar-refractivity contribution in [3.63, 3.8) is 0 Å². The van der Waals surface area contributed by atoms with E-state index in [-0.39, 0.29) is 37.0 Å². The molecule has 1 aromatic carbocycles. The molecule has 0 saturated carbocycles. The van der Waals surface area contributed by atoms with Crippen LogP contribution in [0.2, 0.25) is 0 Å². The van der Waals surface area contributed by atoms with E-state index < -0.39 is 0 Å². The zero-order valence-corrected chi connectivity index (χ0v) is 9.89. The molecule has 5 nitrogen and oxygen atoms in total.